The number of hydrogen-bond donors (Lipinski definition) is 1. The molecule has 0 radical (unpaired) electrons. The first-order valence-electron chi connectivity index (χ1n) is 6.25. The molecule has 0 amide bonds. The van der Waals surface area contributed by atoms with Crippen molar-refractivity contribution in [1.82, 2.24) is 20.2 Å². The molecule has 0 aliphatic rings. The van der Waals surface area contributed by atoms with Gasteiger partial charge in [-0.15, -0.1) is 5.10 Å². The predicted octanol–water partition coefficient (Wildman–Crippen LogP) is 2.75. The molecule has 5 nitrogen and oxygen atoms in total. The molecule has 0 bridgehead atoms. The molecular weight excluding hydrogens is 250 g/mol. The topological polar surface area (TPSA) is 55.6 Å². The molecule has 3 aromatic rings. The molecule has 0 saturated carbocycles. The van der Waals surface area contributed by atoms with Gasteiger partial charge in [-0.2, -0.15) is 4.68 Å². The third-order valence-corrected chi connectivity index (χ3v) is 2.75. The van der Waals surface area contributed by atoms with E-state index in [-0.39, 0.29) is 0 Å². The molecule has 0 saturated heterocycles. The second-order valence-corrected chi connectivity index (χ2v) is 4.13. The van der Waals surface area contributed by atoms with Gasteiger partial charge in [-0.3, -0.25) is 0 Å². The normalized spacial score (nSPS) is 10.8. The Labute approximate surface area is 116 Å². The van der Waals surface area contributed by atoms with Gasteiger partial charge in [0.1, 0.15) is 0 Å². The first kappa shape index (κ1) is 12.1. The molecule has 0 aliphatic carbocycles. The Morgan fingerprint density at radius 2 is 1.60 bits per heavy atom. The van der Waals surface area contributed by atoms with Crippen LogP contribution >= 0.6 is 0 Å². The monoisotopic (exact) mass is 263 g/mol. The van der Waals surface area contributed by atoms with E-state index in [0.29, 0.717) is 5.82 Å². The second-order valence-electron chi connectivity index (χ2n) is 4.13. The second kappa shape index (κ2) is 5.79. The molecule has 1 N–H and O–H groups in total. The lowest BCUT2D eigenvalue weighted by Gasteiger charge is -2.01. The Kier molecular flexibility index (Phi) is 3.51. The number of aromatic nitrogens is 4. The van der Waals surface area contributed by atoms with Crippen LogP contribution in [0.15, 0.2) is 66.9 Å². The van der Waals surface area contributed by atoms with Crippen molar-refractivity contribution < 1.29 is 0 Å². The van der Waals surface area contributed by atoms with E-state index in [1.54, 1.807) is 4.68 Å². The van der Waals surface area contributed by atoms with Gasteiger partial charge in [0.15, 0.2) is 5.82 Å². The molecule has 0 spiro atoms. The van der Waals surface area contributed by atoms with Crippen molar-refractivity contribution in [2.24, 2.45) is 0 Å². The van der Waals surface area contributed by atoms with Crippen molar-refractivity contribution in [3.05, 3.63) is 72.7 Å². The summed E-state index contributed by atoms with van der Waals surface area (Å²) < 4.78 is 1.68. The number of tetrazole rings is 1. The van der Waals surface area contributed by atoms with E-state index >= 15 is 0 Å². The fourth-order valence-corrected chi connectivity index (χ4v) is 1.80. The van der Waals surface area contributed by atoms with Crippen molar-refractivity contribution in [2.75, 3.05) is 5.32 Å². The lowest BCUT2D eigenvalue weighted by molar-refractivity contribution is 0.787. The number of anilines is 1. The molecule has 3 rings (SSSR count). The Morgan fingerprint density at radius 3 is 2.35 bits per heavy atom. The van der Waals surface area contributed by atoms with Gasteiger partial charge in [-0.25, -0.2) is 0 Å². The summed E-state index contributed by atoms with van der Waals surface area (Å²) in [5.41, 5.74) is 1.94. The zero-order chi connectivity index (χ0) is 13.6. The highest BCUT2D eigenvalue weighted by Crippen LogP contribution is 2.09. The maximum absolute atomic E-state index is 4.00. The molecule has 98 valence electrons. The third-order valence-electron chi connectivity index (χ3n) is 2.75. The molecule has 2 aromatic carbocycles. The summed E-state index contributed by atoms with van der Waals surface area (Å²) >= 11 is 0. The van der Waals surface area contributed by atoms with Crippen LogP contribution in [0.1, 0.15) is 5.82 Å². The van der Waals surface area contributed by atoms with Gasteiger partial charge in [-0.05, 0) is 34.7 Å². The fourth-order valence-electron chi connectivity index (χ4n) is 1.80. The van der Waals surface area contributed by atoms with E-state index in [4.69, 9.17) is 0 Å². The SMILES string of the molecule is C(=Cc1nnnn1-c1ccccc1)Nc1ccccc1. The predicted molar refractivity (Wildman–Crippen MR) is 78.3 cm³/mol. The van der Waals surface area contributed by atoms with Gasteiger partial charge in [0.2, 0.25) is 0 Å². The Balaban J connectivity index is 1.77. The zero-order valence-corrected chi connectivity index (χ0v) is 10.7. The van der Waals surface area contributed by atoms with Gasteiger partial charge in [0.05, 0.1) is 5.69 Å². The van der Waals surface area contributed by atoms with Gasteiger partial charge in [0, 0.05) is 18.0 Å². The van der Waals surface area contributed by atoms with Crippen LogP contribution in [-0.4, -0.2) is 20.2 Å². The van der Waals surface area contributed by atoms with Crippen LogP contribution < -0.4 is 5.32 Å². The van der Waals surface area contributed by atoms with Crippen molar-refractivity contribution in [1.29, 1.82) is 0 Å². The minimum absolute atomic E-state index is 0.666. The number of hydrogen-bond acceptors (Lipinski definition) is 4. The number of benzene rings is 2. The maximum Gasteiger partial charge on any atom is 0.181 e. The van der Waals surface area contributed by atoms with Gasteiger partial charge in [0.25, 0.3) is 0 Å². The van der Waals surface area contributed by atoms with E-state index in [0.717, 1.165) is 11.4 Å². The van der Waals surface area contributed by atoms with Crippen LogP contribution in [0.4, 0.5) is 5.69 Å². The van der Waals surface area contributed by atoms with Crippen molar-refractivity contribution in [3.8, 4) is 5.69 Å². The Hall–Kier alpha value is -2.95. The summed E-state index contributed by atoms with van der Waals surface area (Å²) in [6.07, 6.45) is 3.65. The van der Waals surface area contributed by atoms with Crippen LogP contribution in [0.5, 0.6) is 0 Å². The molecule has 0 fully saturated rings. The molecule has 20 heavy (non-hydrogen) atoms. The quantitative estimate of drug-likeness (QED) is 0.786. The Morgan fingerprint density at radius 1 is 0.900 bits per heavy atom. The molecule has 0 aliphatic heterocycles. The van der Waals surface area contributed by atoms with Crippen LogP contribution in [0.25, 0.3) is 11.8 Å². The highest BCUT2D eigenvalue weighted by Gasteiger charge is 2.03. The van der Waals surface area contributed by atoms with Crippen LogP contribution in [0, 0.1) is 0 Å². The molecule has 0 atom stereocenters. The zero-order valence-electron chi connectivity index (χ0n) is 10.7. The van der Waals surface area contributed by atoms with Crippen LogP contribution in [-0.2, 0) is 0 Å². The van der Waals surface area contributed by atoms with E-state index in [2.05, 4.69) is 20.8 Å². The van der Waals surface area contributed by atoms with Gasteiger partial charge >= 0.3 is 0 Å². The minimum atomic E-state index is 0.666. The molecule has 1 heterocycles. The average Bonchev–Trinajstić information content (AvgIpc) is 2.98. The lowest BCUT2D eigenvalue weighted by Crippen LogP contribution is -1.99. The summed E-state index contributed by atoms with van der Waals surface area (Å²) in [6, 6.07) is 19.7. The molecule has 1 aromatic heterocycles. The average molecular weight is 263 g/mol. The van der Waals surface area contributed by atoms with Crippen molar-refractivity contribution in [3.63, 3.8) is 0 Å². The third kappa shape index (κ3) is 2.72. The fraction of sp³-hybridized carbons (Fsp3) is 0. The number of rotatable bonds is 4. The van der Waals surface area contributed by atoms with E-state index in [1.165, 1.54) is 0 Å². The minimum Gasteiger partial charge on any atom is -0.362 e. The molecule has 0 unspecified atom stereocenters. The van der Waals surface area contributed by atoms with Gasteiger partial charge < -0.3 is 5.32 Å². The highest BCUT2D eigenvalue weighted by molar-refractivity contribution is 5.52. The standard InChI is InChI=1S/C15H13N5/c1-3-7-13(8-4-1)16-12-11-15-17-18-19-20(15)14-9-5-2-6-10-14/h1-12,16H. The summed E-state index contributed by atoms with van der Waals surface area (Å²) in [4.78, 5) is 0. The molecular formula is C15H13N5. The number of nitrogens with one attached hydrogen (secondary N) is 1. The van der Waals surface area contributed by atoms with Crippen molar-refractivity contribution in [2.45, 2.75) is 0 Å². The van der Waals surface area contributed by atoms with Crippen LogP contribution in [0.3, 0.4) is 0 Å². The first-order valence-corrected chi connectivity index (χ1v) is 6.25. The van der Waals surface area contributed by atoms with E-state index in [1.807, 2.05) is 72.9 Å². The number of para-hydroxylation sites is 2. The lowest BCUT2D eigenvalue weighted by atomic mass is 10.3. The Bertz CT molecular complexity index is 689. The summed E-state index contributed by atoms with van der Waals surface area (Å²) in [5, 5.41) is 14.9. The van der Waals surface area contributed by atoms with Gasteiger partial charge in [-0.1, -0.05) is 36.4 Å². The highest BCUT2D eigenvalue weighted by atomic mass is 15.5. The van der Waals surface area contributed by atoms with Crippen molar-refractivity contribution >= 4 is 11.8 Å². The van der Waals surface area contributed by atoms with E-state index < -0.39 is 0 Å². The maximum atomic E-state index is 4.00. The largest absolute Gasteiger partial charge is 0.362 e. The smallest absolute Gasteiger partial charge is 0.181 e. The number of nitrogens with zero attached hydrogens (tertiary/aromatic N) is 4. The first-order chi connectivity index (χ1) is 9.93. The van der Waals surface area contributed by atoms with Crippen LogP contribution in [0.2, 0.25) is 0 Å². The summed E-state index contributed by atoms with van der Waals surface area (Å²) in [7, 11) is 0. The summed E-state index contributed by atoms with van der Waals surface area (Å²) in [5.74, 6) is 0.666. The van der Waals surface area contributed by atoms with E-state index in [9.17, 15) is 0 Å². The summed E-state index contributed by atoms with van der Waals surface area (Å²) in [6.45, 7) is 0. The molecule has 5 heteroatoms.